The van der Waals surface area contributed by atoms with Crippen LogP contribution in [-0.2, 0) is 0 Å². The van der Waals surface area contributed by atoms with E-state index in [4.69, 9.17) is 4.74 Å². The fourth-order valence-corrected chi connectivity index (χ4v) is 4.55. The van der Waals surface area contributed by atoms with E-state index in [1.165, 1.54) is 23.3 Å². The van der Waals surface area contributed by atoms with Gasteiger partial charge in [0.1, 0.15) is 11.8 Å². The number of hydrogen-bond acceptors (Lipinski definition) is 8. The fourth-order valence-electron chi connectivity index (χ4n) is 3.29. The number of rotatable bonds is 7. The molecule has 6 nitrogen and oxygen atoms in total. The first-order chi connectivity index (χ1) is 16.8. The van der Waals surface area contributed by atoms with E-state index in [2.05, 4.69) is 25.7 Å². The monoisotopic (exact) mass is 479 g/mol. The van der Waals surface area contributed by atoms with Crippen LogP contribution >= 0.6 is 23.3 Å². The predicted octanol–water partition coefficient (Wildman–Crippen LogP) is 7.05. The van der Waals surface area contributed by atoms with Crippen LogP contribution in [0.15, 0.2) is 102 Å². The zero-order valence-corrected chi connectivity index (χ0v) is 19.4. The molecule has 0 spiro atoms. The number of pyridine rings is 2. The van der Waals surface area contributed by atoms with Crippen LogP contribution in [0.2, 0.25) is 0 Å². The molecule has 5 rings (SSSR count). The van der Waals surface area contributed by atoms with Gasteiger partial charge in [-0.2, -0.15) is 5.26 Å². The van der Waals surface area contributed by atoms with Crippen molar-refractivity contribution in [3.05, 3.63) is 102 Å². The number of hydrogen-bond donors (Lipinski definition) is 1. The molecule has 5 aromatic rings. The van der Waals surface area contributed by atoms with Gasteiger partial charge in [-0.3, -0.25) is 9.97 Å². The SMILES string of the molecule is N#Cc1cc(SNc2nccs2)ccc1Oc1cnc(-c2ccccc2)cc1-c1ccncc1. The van der Waals surface area contributed by atoms with Crippen molar-refractivity contribution in [1.29, 1.82) is 5.26 Å². The maximum absolute atomic E-state index is 9.76. The van der Waals surface area contributed by atoms with Crippen molar-refractivity contribution in [2.75, 3.05) is 4.72 Å². The first kappa shape index (κ1) is 21.6. The van der Waals surface area contributed by atoms with Gasteiger partial charge in [0.25, 0.3) is 0 Å². The second-order valence-electron chi connectivity index (χ2n) is 7.08. The average molecular weight is 480 g/mol. The summed E-state index contributed by atoms with van der Waals surface area (Å²) < 4.78 is 9.41. The molecule has 1 N–H and O–H groups in total. The Labute approximate surface area is 205 Å². The summed E-state index contributed by atoms with van der Waals surface area (Å²) in [5.41, 5.74) is 4.09. The first-order valence-corrected chi connectivity index (χ1v) is 12.0. The summed E-state index contributed by atoms with van der Waals surface area (Å²) >= 11 is 2.91. The van der Waals surface area contributed by atoms with Gasteiger partial charge in [0.15, 0.2) is 10.9 Å². The number of benzene rings is 2. The van der Waals surface area contributed by atoms with E-state index in [0.717, 1.165) is 32.4 Å². The lowest BCUT2D eigenvalue weighted by Gasteiger charge is -2.14. The highest BCUT2D eigenvalue weighted by molar-refractivity contribution is 8.00. The molecule has 164 valence electrons. The molecular formula is C26H17N5OS2. The van der Waals surface area contributed by atoms with E-state index in [0.29, 0.717) is 17.1 Å². The molecule has 0 unspecified atom stereocenters. The van der Waals surface area contributed by atoms with E-state index in [1.807, 2.05) is 60.0 Å². The lowest BCUT2D eigenvalue weighted by molar-refractivity contribution is 0.480. The van der Waals surface area contributed by atoms with Crippen molar-refractivity contribution >= 4 is 28.4 Å². The normalized spacial score (nSPS) is 10.4. The molecule has 0 aliphatic rings. The molecule has 34 heavy (non-hydrogen) atoms. The fraction of sp³-hybridized carbons (Fsp3) is 0. The van der Waals surface area contributed by atoms with Gasteiger partial charge < -0.3 is 9.46 Å². The molecule has 0 aliphatic heterocycles. The molecule has 2 aromatic carbocycles. The molecule has 0 fully saturated rings. The van der Waals surface area contributed by atoms with Gasteiger partial charge in [0.05, 0.1) is 17.5 Å². The zero-order valence-electron chi connectivity index (χ0n) is 17.8. The summed E-state index contributed by atoms with van der Waals surface area (Å²) in [6, 6.07) is 23.5. The minimum absolute atomic E-state index is 0.429. The third kappa shape index (κ3) is 4.91. The summed E-state index contributed by atoms with van der Waals surface area (Å²) in [7, 11) is 0. The quantitative estimate of drug-likeness (QED) is 0.250. The van der Waals surface area contributed by atoms with Crippen molar-refractivity contribution in [2.24, 2.45) is 0 Å². The molecular weight excluding hydrogens is 462 g/mol. The van der Waals surface area contributed by atoms with Crippen molar-refractivity contribution in [2.45, 2.75) is 4.90 Å². The number of anilines is 1. The van der Waals surface area contributed by atoms with Crippen molar-refractivity contribution in [1.82, 2.24) is 15.0 Å². The number of nitriles is 1. The molecule has 0 atom stereocenters. The van der Waals surface area contributed by atoms with Crippen molar-refractivity contribution < 1.29 is 4.74 Å². The van der Waals surface area contributed by atoms with Crippen LogP contribution in [0.4, 0.5) is 5.13 Å². The van der Waals surface area contributed by atoms with E-state index >= 15 is 0 Å². The van der Waals surface area contributed by atoms with Gasteiger partial charge in [0, 0.05) is 40.0 Å². The summed E-state index contributed by atoms with van der Waals surface area (Å²) in [6.45, 7) is 0. The maximum Gasteiger partial charge on any atom is 0.192 e. The van der Waals surface area contributed by atoms with Crippen LogP contribution in [0.5, 0.6) is 11.5 Å². The van der Waals surface area contributed by atoms with Gasteiger partial charge in [-0.15, -0.1) is 11.3 Å². The third-order valence-corrected chi connectivity index (χ3v) is 6.51. The lowest BCUT2D eigenvalue weighted by atomic mass is 10.0. The predicted molar refractivity (Wildman–Crippen MR) is 136 cm³/mol. The maximum atomic E-state index is 9.76. The van der Waals surface area contributed by atoms with Crippen LogP contribution in [-0.4, -0.2) is 15.0 Å². The Morgan fingerprint density at radius 2 is 1.74 bits per heavy atom. The summed E-state index contributed by atoms with van der Waals surface area (Å²) in [4.78, 5) is 13.8. The third-order valence-electron chi connectivity index (χ3n) is 4.91. The standard InChI is InChI=1S/C26H17N5OS2/c27-16-20-14-21(34-31-26-29-12-13-33-26)6-7-24(20)32-25-17-30-23(19-4-2-1-3-5-19)15-22(25)18-8-10-28-11-9-18/h1-15,17H,(H,29,31). The summed E-state index contributed by atoms with van der Waals surface area (Å²) in [5, 5.41) is 12.5. The number of nitrogens with one attached hydrogen (secondary N) is 1. The molecule has 8 heteroatoms. The highest BCUT2D eigenvalue weighted by Crippen LogP contribution is 2.37. The molecule has 3 aromatic heterocycles. The van der Waals surface area contributed by atoms with Crippen LogP contribution in [0.25, 0.3) is 22.4 Å². The highest BCUT2D eigenvalue weighted by Gasteiger charge is 2.14. The Hall–Kier alpha value is -4.19. The Morgan fingerprint density at radius 1 is 0.882 bits per heavy atom. The number of thiazole rings is 1. The molecule has 0 radical (unpaired) electrons. The molecule has 0 amide bonds. The van der Waals surface area contributed by atoms with Gasteiger partial charge in [-0.05, 0) is 53.9 Å². The second kappa shape index (κ2) is 10.2. The Kier molecular flexibility index (Phi) is 6.47. The Bertz CT molecular complexity index is 1440. The molecule has 0 saturated heterocycles. The van der Waals surface area contributed by atoms with Crippen LogP contribution < -0.4 is 9.46 Å². The van der Waals surface area contributed by atoms with Crippen molar-refractivity contribution in [3.8, 4) is 40.0 Å². The van der Waals surface area contributed by atoms with E-state index in [9.17, 15) is 5.26 Å². The smallest absolute Gasteiger partial charge is 0.192 e. The van der Waals surface area contributed by atoms with Crippen LogP contribution in [0.3, 0.4) is 0 Å². The Balaban J connectivity index is 1.47. The number of ether oxygens (including phenoxy) is 1. The van der Waals surface area contributed by atoms with E-state index in [1.54, 1.807) is 36.9 Å². The Morgan fingerprint density at radius 3 is 2.50 bits per heavy atom. The first-order valence-electron chi connectivity index (χ1n) is 10.3. The molecule has 0 bridgehead atoms. The zero-order chi connectivity index (χ0) is 23.2. The largest absolute Gasteiger partial charge is 0.454 e. The average Bonchev–Trinajstić information content (AvgIpc) is 3.43. The van der Waals surface area contributed by atoms with E-state index in [-0.39, 0.29) is 0 Å². The second-order valence-corrected chi connectivity index (χ2v) is 8.86. The van der Waals surface area contributed by atoms with Gasteiger partial charge >= 0.3 is 0 Å². The summed E-state index contributed by atoms with van der Waals surface area (Å²) in [5.74, 6) is 1.02. The van der Waals surface area contributed by atoms with Gasteiger partial charge in [-0.25, -0.2) is 4.98 Å². The number of aromatic nitrogens is 3. The minimum atomic E-state index is 0.429. The van der Waals surface area contributed by atoms with Crippen LogP contribution in [0.1, 0.15) is 5.56 Å². The lowest BCUT2D eigenvalue weighted by Crippen LogP contribution is -1.95. The minimum Gasteiger partial charge on any atom is -0.454 e. The van der Waals surface area contributed by atoms with Crippen LogP contribution in [0, 0.1) is 11.3 Å². The molecule has 3 heterocycles. The topological polar surface area (TPSA) is 83.7 Å². The van der Waals surface area contributed by atoms with Crippen molar-refractivity contribution in [3.63, 3.8) is 0 Å². The van der Waals surface area contributed by atoms with Gasteiger partial charge in [-0.1, -0.05) is 30.3 Å². The highest BCUT2D eigenvalue weighted by atomic mass is 32.2. The molecule has 0 aliphatic carbocycles. The van der Waals surface area contributed by atoms with Gasteiger partial charge in [0.2, 0.25) is 0 Å². The summed E-state index contributed by atoms with van der Waals surface area (Å²) in [6.07, 6.45) is 6.92. The number of nitrogens with zero attached hydrogens (tertiary/aromatic N) is 4. The molecule has 0 saturated carbocycles. The van der Waals surface area contributed by atoms with E-state index < -0.39 is 0 Å².